The third-order valence-corrected chi connectivity index (χ3v) is 19.2. The molecule has 2 aromatic heterocycles. The van der Waals surface area contributed by atoms with Gasteiger partial charge in [0.1, 0.15) is 0 Å². The lowest BCUT2D eigenvalue weighted by atomic mass is 9.89. The number of methoxy groups -OCH3 is 12. The molecule has 0 saturated heterocycles. The number of ether oxygens (including phenoxy) is 12. The molecule has 2 N–H and O–H groups in total. The van der Waals surface area contributed by atoms with Gasteiger partial charge in [-0.2, -0.15) is 0 Å². The van der Waals surface area contributed by atoms with Crippen molar-refractivity contribution in [3.8, 4) is 89.5 Å². The Morgan fingerprint density at radius 3 is 0.518 bits per heavy atom. The second-order valence-electron chi connectivity index (χ2n) is 24.8. The van der Waals surface area contributed by atoms with E-state index in [1.165, 1.54) is 126 Å². The van der Waals surface area contributed by atoms with E-state index in [0.717, 1.165) is 56.9 Å². The Morgan fingerprint density at radius 1 is 0.214 bits per heavy atom. The summed E-state index contributed by atoms with van der Waals surface area (Å²) in [6.07, 6.45) is 0. The van der Waals surface area contributed by atoms with Crippen molar-refractivity contribution >= 4 is 115 Å². The van der Waals surface area contributed by atoms with E-state index in [2.05, 4.69) is 9.97 Å². The number of esters is 12. The average molecular weight is 1510 g/mol. The molecule has 0 spiro atoms. The minimum atomic E-state index is -1.04. The van der Waals surface area contributed by atoms with Crippen LogP contribution in [0.5, 0.6) is 0 Å². The first kappa shape index (κ1) is 75.3. The van der Waals surface area contributed by atoms with Gasteiger partial charge in [-0.15, -0.1) is 0 Å². The smallest absolute Gasteiger partial charge is 0.338 e. The number of H-pyrrole nitrogens is 2. The number of aromatic amines is 2. The zero-order valence-electron chi connectivity index (χ0n) is 61.5. The molecule has 0 atom stereocenters. The van der Waals surface area contributed by atoms with Gasteiger partial charge in [-0.25, -0.2) is 67.5 Å². The molecule has 562 valence electrons. The summed E-state index contributed by atoms with van der Waals surface area (Å²) >= 11 is 0. The minimum Gasteiger partial charge on any atom is -0.465 e. The molecular weight excluding hydrogens is 1450 g/mol. The van der Waals surface area contributed by atoms with Gasteiger partial charge in [0.25, 0.3) is 0 Å². The van der Waals surface area contributed by atoms with Crippen molar-refractivity contribution in [1.29, 1.82) is 0 Å². The highest BCUT2D eigenvalue weighted by molar-refractivity contribution is 6.26. The lowest BCUT2D eigenvalue weighted by Gasteiger charge is -2.13. The van der Waals surface area contributed by atoms with Crippen molar-refractivity contribution < 1.29 is 114 Å². The molecule has 3 aliphatic rings. The van der Waals surface area contributed by atoms with Crippen LogP contribution < -0.4 is 0 Å². The fraction of sp³-hybridized carbons (Fsp3) is 0.143. The lowest BCUT2D eigenvalue weighted by Crippen LogP contribution is -2.12. The summed E-state index contributed by atoms with van der Waals surface area (Å²) < 4.78 is 63.9. The van der Waals surface area contributed by atoms with Crippen molar-refractivity contribution in [3.05, 3.63) is 212 Å². The number of rotatable bonds is 16. The van der Waals surface area contributed by atoms with Crippen LogP contribution >= 0.6 is 0 Å². The molecule has 13 rings (SSSR count). The Balaban J connectivity index is 1.49. The highest BCUT2D eigenvalue weighted by Crippen LogP contribution is 2.54. The number of aromatic nitrogens is 4. The number of benzene rings is 8. The van der Waals surface area contributed by atoms with Crippen LogP contribution in [0, 0.1) is 0 Å². The van der Waals surface area contributed by atoms with Gasteiger partial charge in [0.05, 0.1) is 197 Å². The van der Waals surface area contributed by atoms with Crippen molar-refractivity contribution in [2.24, 2.45) is 0 Å². The van der Waals surface area contributed by atoms with Crippen molar-refractivity contribution in [3.63, 3.8) is 0 Å². The number of nitrogens with zero attached hydrogens (tertiary/aromatic N) is 2. The number of nitrogens with one attached hydrogen (secondary N) is 2. The second kappa shape index (κ2) is 30.4. The largest absolute Gasteiger partial charge is 0.465 e. The van der Waals surface area contributed by atoms with Crippen molar-refractivity contribution in [2.75, 3.05) is 85.3 Å². The Kier molecular flexibility index (Phi) is 20.4. The first-order chi connectivity index (χ1) is 54.0. The molecule has 2 aliphatic heterocycles. The third kappa shape index (κ3) is 12.7. The summed E-state index contributed by atoms with van der Waals surface area (Å²) in [5, 5.41) is 0.320. The van der Waals surface area contributed by atoms with Gasteiger partial charge in [0, 0.05) is 66.1 Å². The average Bonchev–Trinajstić information content (AvgIpc) is 1.55. The van der Waals surface area contributed by atoms with E-state index in [1.54, 1.807) is 48.5 Å². The fourth-order valence-corrected chi connectivity index (χ4v) is 13.9. The van der Waals surface area contributed by atoms with E-state index in [1.807, 2.05) is 0 Å². The molecule has 0 amide bonds. The first-order valence-corrected chi connectivity index (χ1v) is 33.6. The summed E-state index contributed by atoms with van der Waals surface area (Å²) in [5.41, 5.74) is -1.59. The predicted molar refractivity (Wildman–Crippen MR) is 403 cm³/mol. The Labute approximate surface area is 633 Å². The third-order valence-electron chi connectivity index (χ3n) is 19.2. The fourth-order valence-electron chi connectivity index (χ4n) is 13.9. The van der Waals surface area contributed by atoms with Gasteiger partial charge < -0.3 is 66.8 Å². The van der Waals surface area contributed by atoms with Crippen molar-refractivity contribution in [1.82, 2.24) is 19.9 Å². The van der Waals surface area contributed by atoms with Gasteiger partial charge in [0.2, 0.25) is 0 Å². The van der Waals surface area contributed by atoms with E-state index in [4.69, 9.17) is 66.8 Å². The molecule has 112 heavy (non-hydrogen) atoms. The number of hydrogen-bond donors (Lipinski definition) is 2. The molecule has 1 aliphatic carbocycles. The van der Waals surface area contributed by atoms with E-state index in [0.29, 0.717) is 0 Å². The monoisotopic (exact) mass is 1510 g/mol. The quantitative estimate of drug-likeness (QED) is 0.0670. The van der Waals surface area contributed by atoms with E-state index >= 15 is 0 Å². The van der Waals surface area contributed by atoms with Crippen LogP contribution in [0.25, 0.3) is 133 Å². The van der Waals surface area contributed by atoms with E-state index < -0.39 is 71.6 Å². The topological polar surface area (TPSA) is 373 Å². The highest BCUT2D eigenvalue weighted by Gasteiger charge is 2.37. The summed E-state index contributed by atoms with van der Waals surface area (Å²) in [6.45, 7) is 0. The summed E-state index contributed by atoms with van der Waals surface area (Å²) in [4.78, 5) is 189. The zero-order chi connectivity index (χ0) is 80.0. The minimum absolute atomic E-state index is 0.0164. The molecule has 4 heterocycles. The molecule has 8 bridgehead atoms. The molecule has 0 saturated carbocycles. The normalized spacial score (nSPS) is 11.1. The Morgan fingerprint density at radius 2 is 0.366 bits per heavy atom. The number of hydrogen-bond acceptors (Lipinski definition) is 26. The summed E-state index contributed by atoms with van der Waals surface area (Å²) in [6, 6.07) is 34.8. The van der Waals surface area contributed by atoms with Gasteiger partial charge in [0.15, 0.2) is 0 Å². The van der Waals surface area contributed by atoms with Crippen LogP contribution in [0.15, 0.2) is 146 Å². The SMILES string of the molecule is COC(=O)c1ccc(-c2c3nc(c(-c4ccc(C(=O)OC)cc4)c4[nH]c(c(-c5ccc(C(=O)OC)cc5)c5nc(c(-c6ccc(C(=O)OC)cc6)c6[nH]c2c2cc(C(=O)OC)c(C(=O)OC)cc62)-c2cc(C(=O)OC)c(C(=O)OC)cc2-5)c2cc(C(=O)OC)c(C(=O)OC)cc42)-c2cc(C(=O)OC)c(C(=O)OC)cc2-3)cc1. The second-order valence-corrected chi connectivity index (χ2v) is 24.8. The van der Waals surface area contributed by atoms with Crippen molar-refractivity contribution in [2.45, 2.75) is 0 Å². The van der Waals surface area contributed by atoms with Gasteiger partial charge in [-0.05, 0) is 119 Å². The molecule has 0 fully saturated rings. The van der Waals surface area contributed by atoms with Crippen LogP contribution in [0.3, 0.4) is 0 Å². The van der Waals surface area contributed by atoms with Gasteiger partial charge in [-0.1, -0.05) is 48.5 Å². The maximum atomic E-state index is 14.6. The first-order valence-electron chi connectivity index (χ1n) is 33.6. The Hall–Kier alpha value is -15.0. The molecule has 0 radical (unpaired) electrons. The standard InChI is InChI=1S/C84H62N4O24/c1-101-73(89)41-21-13-37(14-22-41)61-65-45-29-53(77(93)105-5)55(79(95)107-7)31-47(45)67(85-65)62(38-15-23-42(24-16-38)74(90)102-2)69-49-33-57(81(97)109-9)59(83(99)111-11)35-51(49)71(87-69)64(40-19-27-44(28-20-40)76(92)104-4)72-52-36-60(84(100)112-12)58(82(98)110-10)34-50(52)70(88-72)63(39-17-25-43(26-18-39)75(91)103-3)68-48-32-56(80(96)108-8)54(78(94)106-6)30-46(48)66(61)86-68/h13-36,85,88H,1-12H3. The molecule has 10 aromatic rings. The highest BCUT2D eigenvalue weighted by atomic mass is 16.6. The maximum Gasteiger partial charge on any atom is 0.338 e. The predicted octanol–water partition coefficient (Wildman–Crippen LogP) is 13.4. The number of carbonyl (C=O) groups is 12. The zero-order valence-corrected chi connectivity index (χ0v) is 61.5. The molecular formula is C84H62N4O24. The molecule has 28 heteroatoms. The summed E-state index contributed by atoms with van der Waals surface area (Å²) in [5.74, 6) is -11.3. The van der Waals surface area contributed by atoms with Crippen LogP contribution in [0.2, 0.25) is 0 Å². The Bertz CT molecular complexity index is 5410. The van der Waals surface area contributed by atoms with Gasteiger partial charge in [-0.3, -0.25) is 0 Å². The van der Waals surface area contributed by atoms with E-state index in [9.17, 15) is 57.5 Å². The lowest BCUT2D eigenvalue weighted by molar-refractivity contribution is 0.0555. The van der Waals surface area contributed by atoms with Crippen LogP contribution in [-0.2, 0) is 56.8 Å². The maximum absolute atomic E-state index is 14.6. The van der Waals surface area contributed by atoms with Crippen LogP contribution in [-0.4, -0.2) is 177 Å². The van der Waals surface area contributed by atoms with Crippen LogP contribution in [0.4, 0.5) is 0 Å². The molecule has 0 unspecified atom stereocenters. The van der Waals surface area contributed by atoms with Gasteiger partial charge >= 0.3 is 71.6 Å². The molecule has 28 nitrogen and oxygen atoms in total. The van der Waals surface area contributed by atoms with Crippen LogP contribution in [0.1, 0.15) is 124 Å². The van der Waals surface area contributed by atoms with E-state index in [-0.39, 0.29) is 200 Å². The number of carbonyl (C=O) groups excluding carboxylic acids is 12. The summed E-state index contributed by atoms with van der Waals surface area (Å²) in [7, 11) is 13.5. The molecule has 8 aromatic carbocycles.